The van der Waals surface area contributed by atoms with Gasteiger partial charge in [0.15, 0.2) is 0 Å². The third kappa shape index (κ3) is 3.95. The molecule has 0 saturated heterocycles. The van der Waals surface area contributed by atoms with Crippen LogP contribution < -0.4 is 20.6 Å². The van der Waals surface area contributed by atoms with Gasteiger partial charge in [-0.2, -0.15) is 0 Å². The molecule has 0 fully saturated rings. The van der Waals surface area contributed by atoms with Gasteiger partial charge in [0.2, 0.25) is 0 Å². The Labute approximate surface area is 311 Å². The number of aromatic nitrogens is 1. The maximum Gasteiger partial charge on any atom is 0.333 e. The van der Waals surface area contributed by atoms with E-state index in [0.29, 0.717) is 0 Å². The molecule has 0 radical (unpaired) electrons. The lowest BCUT2D eigenvalue weighted by atomic mass is 9.44. The van der Waals surface area contributed by atoms with Crippen molar-refractivity contribution in [3.63, 3.8) is 0 Å². The van der Waals surface area contributed by atoms with E-state index in [2.05, 4.69) is 196 Å². The summed E-state index contributed by atoms with van der Waals surface area (Å²) in [6.07, 6.45) is 0. The monoisotopic (exact) mass is 691 g/mol. The van der Waals surface area contributed by atoms with Gasteiger partial charge in [-0.15, -0.1) is 11.3 Å². The van der Waals surface area contributed by atoms with Crippen molar-refractivity contribution in [3.05, 3.63) is 182 Å². The van der Waals surface area contributed by atoms with Crippen LogP contribution in [0, 0.1) is 0 Å². The second-order valence-corrected chi connectivity index (χ2v) is 15.1. The summed E-state index contributed by atoms with van der Waals surface area (Å²) in [4.78, 5) is 5.11. The van der Waals surface area contributed by atoms with Crippen LogP contribution in [0.4, 0.5) is 28.4 Å². The highest BCUT2D eigenvalue weighted by molar-refractivity contribution is 7.26. The van der Waals surface area contributed by atoms with Gasteiger partial charge in [0.05, 0.1) is 27.1 Å². The zero-order valence-corrected chi connectivity index (χ0v) is 29.5. The van der Waals surface area contributed by atoms with Gasteiger partial charge in [0.1, 0.15) is 0 Å². The predicted octanol–water partition coefficient (Wildman–Crippen LogP) is 11.9. The Hall–Kier alpha value is -6.56. The number of anilines is 5. The molecule has 0 saturated carbocycles. The molecule has 2 aliphatic heterocycles. The number of hydrogen-bond donors (Lipinski definition) is 0. The number of thiophene rings is 1. The van der Waals surface area contributed by atoms with E-state index in [1.54, 1.807) is 0 Å². The largest absolute Gasteiger partial charge is 0.375 e. The lowest BCUT2D eigenvalue weighted by Gasteiger charge is -2.42. The van der Waals surface area contributed by atoms with Crippen molar-refractivity contribution in [2.75, 3.05) is 9.71 Å². The minimum absolute atomic E-state index is 0.0397. The molecule has 53 heavy (non-hydrogen) atoms. The van der Waals surface area contributed by atoms with Crippen molar-refractivity contribution >= 4 is 99.5 Å². The lowest BCUT2D eigenvalue weighted by molar-refractivity contribution is 1.18. The van der Waals surface area contributed by atoms with E-state index in [-0.39, 0.29) is 6.85 Å². The fourth-order valence-corrected chi connectivity index (χ4v) is 10.5. The van der Waals surface area contributed by atoms with Gasteiger partial charge in [-0.3, -0.25) is 0 Å². The van der Waals surface area contributed by atoms with Crippen LogP contribution in [0.15, 0.2) is 182 Å². The Balaban J connectivity index is 1.32. The van der Waals surface area contributed by atoms with Crippen LogP contribution in [0.25, 0.3) is 58.8 Å². The maximum atomic E-state index is 2.65. The average Bonchev–Trinajstić information content (AvgIpc) is 3.79. The number of benzene rings is 8. The van der Waals surface area contributed by atoms with Crippen LogP contribution >= 0.6 is 11.3 Å². The molecule has 0 amide bonds. The first-order valence-electron chi connectivity index (χ1n) is 18.2. The van der Waals surface area contributed by atoms with Gasteiger partial charge in [-0.25, -0.2) is 0 Å². The van der Waals surface area contributed by atoms with E-state index < -0.39 is 0 Å². The first-order valence-corrected chi connectivity index (χ1v) is 19.1. The minimum atomic E-state index is -0.0397. The number of fused-ring (bicyclic) bond motifs is 12. The Morgan fingerprint density at radius 3 is 1.94 bits per heavy atom. The molecule has 0 unspecified atom stereocenters. The normalized spacial score (nSPS) is 12.8. The molecule has 0 N–H and O–H groups in total. The smallest absolute Gasteiger partial charge is 0.333 e. The van der Waals surface area contributed by atoms with Crippen LogP contribution in [0.1, 0.15) is 0 Å². The molecule has 5 heteroatoms. The average molecular weight is 692 g/mol. The summed E-state index contributed by atoms with van der Waals surface area (Å²) < 4.78 is 5.19. The number of rotatable bonds is 4. The standard InChI is InChI=1S/C48H30BN3S/c1-4-16-31(17-5-1)50(32-18-6-2-7-19-32)42-30-38-35-28-29-36-34-22-11-15-27-43(34)53-48(36)46(35)52(33-20-8-3-9-21-33)49-39-24-12-14-26-41(39)51-40-25-13-10-23-37(40)44(42)47(51)45(38)49/h1-30H. The molecule has 0 bridgehead atoms. The van der Waals surface area contributed by atoms with E-state index in [0.717, 1.165) is 11.4 Å². The van der Waals surface area contributed by atoms with E-state index in [4.69, 9.17) is 0 Å². The van der Waals surface area contributed by atoms with E-state index in [1.807, 2.05) is 11.3 Å². The summed E-state index contributed by atoms with van der Waals surface area (Å²) in [5.74, 6) is 0. The number of hydrogen-bond acceptors (Lipinski definition) is 3. The summed E-state index contributed by atoms with van der Waals surface area (Å²) >= 11 is 1.91. The Morgan fingerprint density at radius 2 is 1.17 bits per heavy atom. The summed E-state index contributed by atoms with van der Waals surface area (Å²) in [7, 11) is 0. The predicted molar refractivity (Wildman–Crippen MR) is 227 cm³/mol. The first kappa shape index (κ1) is 29.1. The van der Waals surface area contributed by atoms with Gasteiger partial charge in [-0.1, -0.05) is 121 Å². The fourth-order valence-electron chi connectivity index (χ4n) is 9.25. The van der Waals surface area contributed by atoms with Crippen molar-refractivity contribution in [2.45, 2.75) is 0 Å². The van der Waals surface area contributed by atoms with Crippen LogP contribution in [0.3, 0.4) is 0 Å². The summed E-state index contributed by atoms with van der Waals surface area (Å²) in [6, 6.07) is 67.0. The molecule has 10 aromatic rings. The zero-order valence-electron chi connectivity index (χ0n) is 28.6. The second-order valence-electron chi connectivity index (χ2n) is 14.0. The Bertz CT molecular complexity index is 3040. The summed E-state index contributed by atoms with van der Waals surface area (Å²) in [5.41, 5.74) is 14.9. The molecule has 246 valence electrons. The molecule has 2 aliphatic rings. The SMILES string of the molecule is c1ccc(N2B3c4ccccc4-n4c5ccccc5c5c(N(c6ccccc6)c6ccccc6)cc(c3c54)-c3ccc4c(sc5ccccc54)c32)cc1. The van der Waals surface area contributed by atoms with E-state index in [9.17, 15) is 0 Å². The van der Waals surface area contributed by atoms with Gasteiger partial charge >= 0.3 is 6.85 Å². The van der Waals surface area contributed by atoms with Gasteiger partial charge in [0, 0.05) is 54.6 Å². The molecule has 0 aliphatic carbocycles. The highest BCUT2D eigenvalue weighted by atomic mass is 32.1. The highest BCUT2D eigenvalue weighted by Gasteiger charge is 2.45. The van der Waals surface area contributed by atoms with Gasteiger partial charge in [-0.05, 0) is 77.2 Å². The van der Waals surface area contributed by atoms with Crippen LogP contribution in [0.5, 0.6) is 0 Å². The molecule has 2 aromatic heterocycles. The van der Waals surface area contributed by atoms with Crippen LogP contribution in [-0.2, 0) is 0 Å². The fraction of sp³-hybridized carbons (Fsp3) is 0. The summed E-state index contributed by atoms with van der Waals surface area (Å²) in [5, 5.41) is 5.15. The molecule has 3 nitrogen and oxygen atoms in total. The quantitative estimate of drug-likeness (QED) is 0.170. The zero-order chi connectivity index (χ0) is 34.6. The summed E-state index contributed by atoms with van der Waals surface area (Å²) in [6.45, 7) is -0.0397. The third-order valence-electron chi connectivity index (χ3n) is 11.3. The van der Waals surface area contributed by atoms with Gasteiger partial charge < -0.3 is 14.3 Å². The number of para-hydroxylation sites is 5. The van der Waals surface area contributed by atoms with Crippen LogP contribution in [-0.4, -0.2) is 11.4 Å². The van der Waals surface area contributed by atoms with Crippen molar-refractivity contribution in [3.8, 4) is 16.8 Å². The Morgan fingerprint density at radius 1 is 0.528 bits per heavy atom. The number of nitrogens with zero attached hydrogens (tertiary/aromatic N) is 3. The van der Waals surface area contributed by atoms with E-state index >= 15 is 0 Å². The molecular formula is C48H30BN3S. The first-order chi connectivity index (χ1) is 26.3. The third-order valence-corrected chi connectivity index (χ3v) is 12.5. The van der Waals surface area contributed by atoms with Crippen molar-refractivity contribution in [2.24, 2.45) is 0 Å². The maximum absolute atomic E-state index is 2.65. The lowest BCUT2D eigenvalue weighted by Crippen LogP contribution is -2.60. The Kier molecular flexibility index (Phi) is 6.02. The molecule has 8 aromatic carbocycles. The topological polar surface area (TPSA) is 11.4 Å². The second kappa shape index (κ2) is 11.0. The highest BCUT2D eigenvalue weighted by Crippen LogP contribution is 2.53. The van der Waals surface area contributed by atoms with Crippen molar-refractivity contribution in [1.82, 2.24) is 4.57 Å². The molecule has 12 rings (SSSR count). The molecule has 4 heterocycles. The van der Waals surface area contributed by atoms with Crippen LogP contribution in [0.2, 0.25) is 0 Å². The molecule has 0 spiro atoms. The molecular weight excluding hydrogens is 661 g/mol. The molecule has 0 atom stereocenters. The van der Waals surface area contributed by atoms with Gasteiger partial charge in [0.25, 0.3) is 0 Å². The van der Waals surface area contributed by atoms with E-state index in [1.165, 1.54) is 86.8 Å². The minimum Gasteiger partial charge on any atom is -0.375 e. The van der Waals surface area contributed by atoms with Crippen molar-refractivity contribution in [1.29, 1.82) is 0 Å². The van der Waals surface area contributed by atoms with Crippen molar-refractivity contribution < 1.29 is 0 Å².